The Kier molecular flexibility index (Phi) is 4.15. The van der Waals surface area contributed by atoms with Crippen LogP contribution in [0.1, 0.15) is 0 Å². The van der Waals surface area contributed by atoms with Gasteiger partial charge in [0.05, 0.1) is 5.16 Å². The van der Waals surface area contributed by atoms with Crippen molar-refractivity contribution in [3.05, 3.63) is 23.1 Å². The zero-order valence-electron chi connectivity index (χ0n) is 5.17. The Morgan fingerprint density at radius 3 is 2.40 bits per heavy atom. The van der Waals surface area contributed by atoms with Gasteiger partial charge in [0.1, 0.15) is 5.82 Å². The average Bonchev–Trinajstić information content (AvgIpc) is 1.85. The minimum absolute atomic E-state index is 0.107. The summed E-state index contributed by atoms with van der Waals surface area (Å²) in [4.78, 5) is 9.74. The Labute approximate surface area is 63.5 Å². The minimum Gasteiger partial charge on any atom is -0.389 e. The summed E-state index contributed by atoms with van der Waals surface area (Å²) >= 11 is 5.24. The molecule has 0 bridgehead atoms. The summed E-state index contributed by atoms with van der Waals surface area (Å²) in [6.45, 7) is 0. The predicted molar refractivity (Wildman–Crippen MR) is 39.6 cm³/mol. The number of rotatable bonds is 3. The van der Waals surface area contributed by atoms with E-state index in [1.807, 2.05) is 0 Å². The monoisotopic (exact) mass is 161 g/mol. The fraction of sp³-hybridized carbons (Fsp3) is 0. The molecule has 0 unspecified atom stereocenters. The molecular weight excluding hydrogens is 154 g/mol. The lowest BCUT2D eigenvalue weighted by molar-refractivity contribution is -0.108. The fourth-order valence-electron chi connectivity index (χ4n) is 0.286. The molecule has 5 N–H and O–H groups in total. The lowest BCUT2D eigenvalue weighted by Gasteiger charge is -1.92. The van der Waals surface area contributed by atoms with Gasteiger partial charge < -0.3 is 16.8 Å². The zero-order chi connectivity index (χ0) is 7.98. The van der Waals surface area contributed by atoms with Crippen LogP contribution in [0.5, 0.6) is 0 Å². The summed E-state index contributed by atoms with van der Waals surface area (Å²) in [6.07, 6.45) is 3.22. The molecule has 0 atom stereocenters. The molecule has 0 aliphatic rings. The van der Waals surface area contributed by atoms with Gasteiger partial charge in [-0.15, -0.1) is 0 Å². The van der Waals surface area contributed by atoms with Crippen LogP contribution in [-0.4, -0.2) is 6.41 Å². The highest BCUT2D eigenvalue weighted by Crippen LogP contribution is 1.89. The van der Waals surface area contributed by atoms with Gasteiger partial charge in [-0.25, -0.2) is 0 Å². The Morgan fingerprint density at radius 2 is 2.00 bits per heavy atom. The van der Waals surface area contributed by atoms with Crippen LogP contribution in [0, 0.1) is 0 Å². The smallest absolute Gasteiger partial charge is 0.212 e. The van der Waals surface area contributed by atoms with Gasteiger partial charge in [-0.2, -0.15) is 0 Å². The molecule has 0 saturated carbocycles. The van der Waals surface area contributed by atoms with Crippen molar-refractivity contribution >= 4 is 18.0 Å². The van der Waals surface area contributed by atoms with Crippen LogP contribution in [-0.2, 0) is 4.79 Å². The summed E-state index contributed by atoms with van der Waals surface area (Å²) < 4.78 is 0. The molecule has 5 heteroatoms. The van der Waals surface area contributed by atoms with Crippen molar-refractivity contribution in [2.24, 2.45) is 11.5 Å². The van der Waals surface area contributed by atoms with E-state index in [1.54, 1.807) is 0 Å². The van der Waals surface area contributed by atoms with Gasteiger partial charge >= 0.3 is 0 Å². The van der Waals surface area contributed by atoms with Gasteiger partial charge in [-0.3, -0.25) is 4.79 Å². The largest absolute Gasteiger partial charge is 0.389 e. The lowest BCUT2D eigenvalue weighted by atomic mass is 10.5. The molecule has 10 heavy (non-hydrogen) atoms. The first-order chi connectivity index (χ1) is 4.66. The van der Waals surface area contributed by atoms with E-state index < -0.39 is 0 Å². The van der Waals surface area contributed by atoms with Crippen LogP contribution in [0.2, 0.25) is 0 Å². The van der Waals surface area contributed by atoms with E-state index in [0.29, 0.717) is 6.41 Å². The van der Waals surface area contributed by atoms with Crippen molar-refractivity contribution in [2.75, 3.05) is 0 Å². The number of allylic oxidation sites excluding steroid dienone is 2. The van der Waals surface area contributed by atoms with Crippen LogP contribution in [0.4, 0.5) is 0 Å². The second kappa shape index (κ2) is 4.69. The average molecular weight is 162 g/mol. The number of nitrogens with two attached hydrogens (primary N) is 2. The molecular formula is C5H8ClN3O. The van der Waals surface area contributed by atoms with Crippen LogP contribution < -0.4 is 16.8 Å². The van der Waals surface area contributed by atoms with E-state index in [0.717, 1.165) is 0 Å². The highest BCUT2D eigenvalue weighted by Gasteiger charge is 1.81. The van der Waals surface area contributed by atoms with E-state index in [1.165, 1.54) is 12.2 Å². The highest BCUT2D eigenvalue weighted by atomic mass is 35.5. The van der Waals surface area contributed by atoms with Crippen LogP contribution in [0.25, 0.3) is 0 Å². The van der Waals surface area contributed by atoms with Crippen molar-refractivity contribution in [1.82, 2.24) is 5.32 Å². The van der Waals surface area contributed by atoms with Gasteiger partial charge in [0, 0.05) is 0 Å². The lowest BCUT2D eigenvalue weighted by Crippen LogP contribution is -2.17. The molecule has 4 nitrogen and oxygen atoms in total. The van der Waals surface area contributed by atoms with E-state index in [9.17, 15) is 4.79 Å². The normalized spacial score (nSPS) is 12.9. The third kappa shape index (κ3) is 4.99. The number of hydrogen-bond donors (Lipinski definition) is 3. The molecule has 0 saturated heterocycles. The molecule has 0 radical (unpaired) electrons. The van der Waals surface area contributed by atoms with E-state index in [-0.39, 0.29) is 11.0 Å². The molecule has 0 aromatic rings. The molecule has 0 aromatic heterocycles. The molecule has 0 rings (SSSR count). The maximum absolute atomic E-state index is 9.74. The summed E-state index contributed by atoms with van der Waals surface area (Å²) in [5, 5.41) is 2.31. The van der Waals surface area contributed by atoms with Crippen molar-refractivity contribution in [3.8, 4) is 0 Å². The van der Waals surface area contributed by atoms with E-state index >= 15 is 0 Å². The molecule has 0 aliphatic carbocycles. The molecule has 1 amide bonds. The Hall–Kier alpha value is -1.16. The number of carbonyl (C=O) groups is 1. The second-order valence-electron chi connectivity index (χ2n) is 1.44. The summed E-state index contributed by atoms with van der Waals surface area (Å²) in [5.41, 5.74) is 10.2. The highest BCUT2D eigenvalue weighted by molar-refractivity contribution is 6.29. The summed E-state index contributed by atoms with van der Waals surface area (Å²) in [7, 11) is 0. The number of nitrogens with one attached hydrogen (secondary N) is 1. The number of amides is 1. The number of halogens is 1. The quantitative estimate of drug-likeness (QED) is 0.299. The van der Waals surface area contributed by atoms with Gasteiger partial charge in [-0.05, 0) is 12.2 Å². The van der Waals surface area contributed by atoms with Crippen molar-refractivity contribution in [2.45, 2.75) is 0 Å². The standard InChI is InChI=1S/C5H8ClN3O/c6-4(7)1-2-5(8)9-3-10/h1-3H,7-8H2,(H,9,10)/b4-1-,5-2+. The van der Waals surface area contributed by atoms with Gasteiger partial charge in [-0.1, -0.05) is 11.6 Å². The van der Waals surface area contributed by atoms with Crippen LogP contribution in [0.3, 0.4) is 0 Å². The Bertz CT molecular complexity index is 172. The Morgan fingerprint density at radius 1 is 1.40 bits per heavy atom. The second-order valence-corrected chi connectivity index (χ2v) is 1.87. The fourth-order valence-corrected chi connectivity index (χ4v) is 0.349. The van der Waals surface area contributed by atoms with Crippen LogP contribution in [0.15, 0.2) is 23.1 Å². The van der Waals surface area contributed by atoms with Crippen molar-refractivity contribution in [1.29, 1.82) is 0 Å². The molecule has 56 valence electrons. The molecule has 0 aliphatic heterocycles. The Balaban J connectivity index is 3.91. The van der Waals surface area contributed by atoms with Crippen LogP contribution >= 0.6 is 11.6 Å². The van der Waals surface area contributed by atoms with Gasteiger partial charge in [0.15, 0.2) is 0 Å². The molecule has 0 heterocycles. The molecule has 0 aromatic carbocycles. The van der Waals surface area contributed by atoms with Crippen molar-refractivity contribution in [3.63, 3.8) is 0 Å². The zero-order valence-corrected chi connectivity index (χ0v) is 5.93. The summed E-state index contributed by atoms with van der Waals surface area (Å²) in [5.74, 6) is 0.193. The third-order valence-corrected chi connectivity index (χ3v) is 0.774. The van der Waals surface area contributed by atoms with E-state index in [2.05, 4.69) is 5.32 Å². The third-order valence-electron chi connectivity index (χ3n) is 0.648. The minimum atomic E-state index is 0.107. The first-order valence-corrected chi connectivity index (χ1v) is 2.83. The van der Waals surface area contributed by atoms with Crippen molar-refractivity contribution < 1.29 is 4.79 Å². The molecule has 0 spiro atoms. The van der Waals surface area contributed by atoms with Gasteiger partial charge in [0.25, 0.3) is 0 Å². The van der Waals surface area contributed by atoms with Gasteiger partial charge in [0.2, 0.25) is 6.41 Å². The topological polar surface area (TPSA) is 81.1 Å². The SMILES string of the molecule is N/C(Cl)=C\C=C(/N)NC=O. The molecule has 0 fully saturated rings. The number of carbonyl (C=O) groups excluding carboxylic acids is 1. The number of hydrogen-bond acceptors (Lipinski definition) is 3. The maximum atomic E-state index is 9.74. The maximum Gasteiger partial charge on any atom is 0.212 e. The summed E-state index contributed by atoms with van der Waals surface area (Å²) in [6, 6.07) is 0. The first kappa shape index (κ1) is 8.84. The first-order valence-electron chi connectivity index (χ1n) is 2.45. The predicted octanol–water partition coefficient (Wildman–Crippen LogP) is -0.429. The van der Waals surface area contributed by atoms with E-state index in [4.69, 9.17) is 23.1 Å².